The first kappa shape index (κ1) is 32.3. The van der Waals surface area contributed by atoms with Crippen LogP contribution in [0.25, 0.3) is 0 Å². The van der Waals surface area contributed by atoms with E-state index in [9.17, 15) is 36.3 Å². The van der Waals surface area contributed by atoms with E-state index in [4.69, 9.17) is 16.7 Å². The molecule has 2 aliphatic heterocycles. The van der Waals surface area contributed by atoms with Crippen molar-refractivity contribution in [3.05, 3.63) is 58.1 Å². The van der Waals surface area contributed by atoms with Gasteiger partial charge in [-0.1, -0.05) is 17.7 Å². The molecule has 2 aromatic rings. The number of carbonyl (C=O) groups excluding carboxylic acids is 2. The molecule has 0 saturated carbocycles. The Kier molecular flexibility index (Phi) is 10.3. The number of nitrogens with one attached hydrogen (secondary N) is 2. The second-order valence-electron chi connectivity index (χ2n) is 10.6. The van der Waals surface area contributed by atoms with Gasteiger partial charge in [-0.2, -0.15) is 13.2 Å². The van der Waals surface area contributed by atoms with Gasteiger partial charge in [0.15, 0.2) is 11.6 Å². The third-order valence-electron chi connectivity index (χ3n) is 7.55. The molecular weight excluding hydrogens is 601 g/mol. The number of anilines is 2. The number of halogens is 6. The smallest absolute Gasteiger partial charge is 0.407 e. The molecular formula is C28H31ClF5N5O4. The molecule has 3 amide bonds. The number of benzene rings is 2. The average Bonchev–Trinajstić information content (AvgIpc) is 3.42. The van der Waals surface area contributed by atoms with Crippen molar-refractivity contribution in [2.75, 3.05) is 56.0 Å². The maximum atomic E-state index is 15.0. The number of nitrogens with zero attached hydrogens (tertiary/aromatic N) is 3. The normalized spacial score (nSPS) is 17.7. The predicted molar refractivity (Wildman–Crippen MR) is 149 cm³/mol. The van der Waals surface area contributed by atoms with E-state index in [-0.39, 0.29) is 43.2 Å². The molecule has 234 valence electrons. The van der Waals surface area contributed by atoms with Gasteiger partial charge >= 0.3 is 12.3 Å². The third kappa shape index (κ3) is 8.69. The molecule has 0 radical (unpaired) electrons. The van der Waals surface area contributed by atoms with Crippen LogP contribution < -0.4 is 15.5 Å². The molecule has 2 aliphatic rings. The summed E-state index contributed by atoms with van der Waals surface area (Å²) in [6.07, 6.45) is -5.64. The maximum Gasteiger partial charge on any atom is 0.407 e. The van der Waals surface area contributed by atoms with Gasteiger partial charge in [-0.15, -0.1) is 0 Å². The van der Waals surface area contributed by atoms with Crippen LogP contribution in [0.2, 0.25) is 5.02 Å². The van der Waals surface area contributed by atoms with Gasteiger partial charge in [0.1, 0.15) is 0 Å². The van der Waals surface area contributed by atoms with E-state index in [1.807, 2.05) is 4.90 Å². The van der Waals surface area contributed by atoms with E-state index in [0.29, 0.717) is 49.9 Å². The van der Waals surface area contributed by atoms with Crippen LogP contribution in [-0.2, 0) is 11.3 Å². The van der Waals surface area contributed by atoms with E-state index in [0.717, 1.165) is 6.07 Å². The molecule has 0 spiro atoms. The zero-order chi connectivity index (χ0) is 31.3. The fourth-order valence-electron chi connectivity index (χ4n) is 5.16. The molecule has 3 N–H and O–H groups in total. The monoisotopic (exact) mass is 631 g/mol. The molecule has 43 heavy (non-hydrogen) atoms. The number of piperazine rings is 1. The van der Waals surface area contributed by atoms with Crippen LogP contribution in [0.5, 0.6) is 0 Å². The second-order valence-corrected chi connectivity index (χ2v) is 11.0. The SMILES string of the molecule is O=C(CC1CCN(C(=O)O)C1)NCc1ccc(C(=O)Nc2ccc(Cl)cc2N2CCN(CCC(F)(F)F)CC2)c(F)c1F. The van der Waals surface area contributed by atoms with E-state index >= 15 is 0 Å². The van der Waals surface area contributed by atoms with Crippen LogP contribution in [0, 0.1) is 17.6 Å². The van der Waals surface area contributed by atoms with Gasteiger partial charge in [-0.3, -0.25) is 14.5 Å². The number of amides is 3. The molecule has 2 aromatic carbocycles. The molecule has 1 atom stereocenters. The molecule has 0 aromatic heterocycles. The van der Waals surface area contributed by atoms with Crippen LogP contribution in [-0.4, -0.2) is 84.8 Å². The molecule has 2 fully saturated rings. The highest BCUT2D eigenvalue weighted by Crippen LogP contribution is 2.31. The third-order valence-corrected chi connectivity index (χ3v) is 7.78. The fourth-order valence-corrected chi connectivity index (χ4v) is 5.33. The van der Waals surface area contributed by atoms with Crippen LogP contribution >= 0.6 is 11.6 Å². The number of rotatable bonds is 9. The van der Waals surface area contributed by atoms with Gasteiger partial charge in [0.2, 0.25) is 5.91 Å². The van der Waals surface area contributed by atoms with Crippen molar-refractivity contribution in [1.29, 1.82) is 0 Å². The molecule has 4 rings (SSSR count). The summed E-state index contributed by atoms with van der Waals surface area (Å²) in [5.41, 5.74) is 0.0228. The lowest BCUT2D eigenvalue weighted by atomic mass is 10.0. The number of hydrogen-bond acceptors (Lipinski definition) is 5. The first-order valence-electron chi connectivity index (χ1n) is 13.7. The van der Waals surface area contributed by atoms with Gasteiger partial charge < -0.3 is 25.5 Å². The van der Waals surface area contributed by atoms with Crippen molar-refractivity contribution in [2.45, 2.75) is 32.0 Å². The Hall–Kier alpha value is -3.65. The summed E-state index contributed by atoms with van der Waals surface area (Å²) in [7, 11) is 0. The quantitative estimate of drug-likeness (QED) is 0.339. The minimum absolute atomic E-state index is 0.0421. The van der Waals surface area contributed by atoms with Gasteiger partial charge in [-0.25, -0.2) is 13.6 Å². The van der Waals surface area contributed by atoms with Gasteiger partial charge in [0.25, 0.3) is 5.91 Å². The number of carbonyl (C=O) groups is 3. The van der Waals surface area contributed by atoms with Crippen molar-refractivity contribution in [1.82, 2.24) is 15.1 Å². The highest BCUT2D eigenvalue weighted by Gasteiger charge is 2.30. The summed E-state index contributed by atoms with van der Waals surface area (Å²) in [5.74, 6) is -4.22. The van der Waals surface area contributed by atoms with Crippen molar-refractivity contribution in [3.63, 3.8) is 0 Å². The minimum atomic E-state index is -4.24. The molecule has 0 aliphatic carbocycles. The van der Waals surface area contributed by atoms with Crippen molar-refractivity contribution < 1.29 is 41.4 Å². The largest absolute Gasteiger partial charge is 0.465 e. The number of likely N-dealkylation sites (tertiary alicyclic amines) is 1. The predicted octanol–water partition coefficient (Wildman–Crippen LogP) is 4.95. The standard InChI is InChI=1S/C28H31ClF5N5O4/c29-19-2-4-21(22(14-19)38-11-9-37(10-12-38)8-6-28(32,33)34)36-26(41)20-3-1-18(24(30)25(20)31)15-35-23(40)13-17-5-7-39(16-17)27(42)43/h1-4,14,17H,5-13,15-16H2,(H,35,40)(H,36,41)(H,42,43). The van der Waals surface area contributed by atoms with Crippen LogP contribution in [0.3, 0.4) is 0 Å². The lowest BCUT2D eigenvalue weighted by Gasteiger charge is -2.37. The van der Waals surface area contributed by atoms with Crippen LogP contribution in [0.1, 0.15) is 35.2 Å². The summed E-state index contributed by atoms with van der Waals surface area (Å²) in [6.45, 7) is 1.55. The second kappa shape index (κ2) is 13.8. The van der Waals surface area contributed by atoms with E-state index in [1.165, 1.54) is 23.1 Å². The van der Waals surface area contributed by atoms with E-state index < -0.39 is 47.7 Å². The van der Waals surface area contributed by atoms with E-state index in [2.05, 4.69) is 10.6 Å². The van der Waals surface area contributed by atoms with E-state index in [1.54, 1.807) is 11.0 Å². The van der Waals surface area contributed by atoms with Crippen LogP contribution in [0.15, 0.2) is 30.3 Å². The van der Waals surface area contributed by atoms with Crippen molar-refractivity contribution >= 4 is 40.9 Å². The van der Waals surface area contributed by atoms with Gasteiger partial charge in [-0.05, 0) is 36.6 Å². The zero-order valence-electron chi connectivity index (χ0n) is 23.0. The molecule has 9 nitrogen and oxygen atoms in total. The number of hydrogen-bond donors (Lipinski definition) is 3. The topological polar surface area (TPSA) is 105 Å². The lowest BCUT2D eigenvalue weighted by Crippen LogP contribution is -2.47. The maximum absolute atomic E-state index is 15.0. The Morgan fingerprint density at radius 2 is 1.72 bits per heavy atom. The molecule has 1 unspecified atom stereocenters. The molecule has 15 heteroatoms. The highest BCUT2D eigenvalue weighted by atomic mass is 35.5. The Bertz CT molecular complexity index is 1350. The summed E-state index contributed by atoms with van der Waals surface area (Å²) >= 11 is 6.16. The van der Waals surface area contributed by atoms with Crippen LogP contribution in [0.4, 0.5) is 38.1 Å². The lowest BCUT2D eigenvalue weighted by molar-refractivity contribution is -0.138. The first-order valence-corrected chi connectivity index (χ1v) is 14.0. The summed E-state index contributed by atoms with van der Waals surface area (Å²) in [4.78, 5) is 41.0. The zero-order valence-corrected chi connectivity index (χ0v) is 23.8. The molecule has 2 heterocycles. The Balaban J connectivity index is 1.36. The summed E-state index contributed by atoms with van der Waals surface area (Å²) in [5, 5.41) is 14.5. The first-order chi connectivity index (χ1) is 20.3. The van der Waals surface area contributed by atoms with Gasteiger partial charge in [0, 0.05) is 69.4 Å². The Labute approximate surface area is 249 Å². The number of alkyl halides is 3. The molecule has 2 saturated heterocycles. The number of carboxylic acid groups (broad SMARTS) is 1. The van der Waals surface area contributed by atoms with Gasteiger partial charge in [0.05, 0.1) is 23.4 Å². The van der Waals surface area contributed by atoms with Crippen molar-refractivity contribution in [2.24, 2.45) is 5.92 Å². The Morgan fingerprint density at radius 3 is 2.37 bits per heavy atom. The highest BCUT2D eigenvalue weighted by molar-refractivity contribution is 6.31. The van der Waals surface area contributed by atoms with Crippen molar-refractivity contribution in [3.8, 4) is 0 Å². The minimum Gasteiger partial charge on any atom is -0.465 e. The summed E-state index contributed by atoms with van der Waals surface area (Å²) < 4.78 is 67.6. The summed E-state index contributed by atoms with van der Waals surface area (Å²) in [6, 6.07) is 6.89. The Morgan fingerprint density at radius 1 is 1.00 bits per heavy atom. The average molecular weight is 632 g/mol. The molecule has 0 bridgehead atoms. The fraction of sp³-hybridized carbons (Fsp3) is 0.464.